The van der Waals surface area contributed by atoms with Crippen molar-refractivity contribution in [2.24, 2.45) is 11.8 Å². The summed E-state index contributed by atoms with van der Waals surface area (Å²) in [6.45, 7) is 1.52. The van der Waals surface area contributed by atoms with Crippen molar-refractivity contribution in [3.8, 4) is 23.0 Å². The van der Waals surface area contributed by atoms with Gasteiger partial charge in [0.15, 0.2) is 23.0 Å². The summed E-state index contributed by atoms with van der Waals surface area (Å²) in [6.07, 6.45) is -0.109. The van der Waals surface area contributed by atoms with Crippen molar-refractivity contribution < 1.29 is 28.8 Å². The first-order chi connectivity index (χ1) is 12.7. The van der Waals surface area contributed by atoms with Crippen molar-refractivity contribution >= 4 is 0 Å². The molecule has 0 spiro atoms. The Hall–Kier alpha value is -2.44. The van der Waals surface area contributed by atoms with E-state index in [4.69, 9.17) is 23.7 Å². The fourth-order valence-corrected chi connectivity index (χ4v) is 4.21. The molecule has 2 aromatic rings. The van der Waals surface area contributed by atoms with E-state index in [1.807, 2.05) is 24.3 Å². The van der Waals surface area contributed by atoms with Crippen LogP contribution in [0.4, 0.5) is 0 Å². The Morgan fingerprint density at radius 3 is 2.23 bits per heavy atom. The highest BCUT2D eigenvalue weighted by molar-refractivity contribution is 5.46. The third-order valence-electron chi connectivity index (χ3n) is 5.52. The van der Waals surface area contributed by atoms with Gasteiger partial charge in [0.05, 0.1) is 32.5 Å². The number of fused-ring (bicyclic) bond motifs is 2. The van der Waals surface area contributed by atoms with Crippen LogP contribution in [0.15, 0.2) is 36.4 Å². The molecule has 136 valence electrons. The van der Waals surface area contributed by atoms with Crippen LogP contribution in [0, 0.1) is 11.8 Å². The zero-order valence-corrected chi connectivity index (χ0v) is 14.4. The van der Waals surface area contributed by atoms with Gasteiger partial charge in [-0.25, -0.2) is 0 Å². The Morgan fingerprint density at radius 1 is 0.885 bits per heavy atom. The zero-order chi connectivity index (χ0) is 17.7. The molecule has 3 heterocycles. The number of hydrogen-bond donors (Lipinski definition) is 1. The van der Waals surface area contributed by atoms with Crippen LogP contribution >= 0.6 is 0 Å². The summed E-state index contributed by atoms with van der Waals surface area (Å²) in [4.78, 5) is 0. The van der Waals surface area contributed by atoms with E-state index in [-0.39, 0.29) is 36.6 Å². The molecule has 2 fully saturated rings. The minimum absolute atomic E-state index is 0.0219. The highest BCUT2D eigenvalue weighted by Gasteiger charge is 2.48. The van der Waals surface area contributed by atoms with Gasteiger partial charge in [-0.3, -0.25) is 0 Å². The molecule has 0 radical (unpaired) electrons. The highest BCUT2D eigenvalue weighted by Crippen LogP contribution is 2.51. The van der Waals surface area contributed by atoms with E-state index in [1.54, 1.807) is 12.1 Å². The van der Waals surface area contributed by atoms with Gasteiger partial charge >= 0.3 is 0 Å². The first kappa shape index (κ1) is 15.8. The number of aromatic hydroxyl groups is 1. The van der Waals surface area contributed by atoms with E-state index in [0.717, 1.165) is 22.6 Å². The predicted octanol–water partition coefficient (Wildman–Crippen LogP) is 3.20. The quantitative estimate of drug-likeness (QED) is 0.911. The maximum Gasteiger partial charge on any atom is 0.231 e. The molecule has 0 aromatic heterocycles. The number of phenols is 1. The maximum absolute atomic E-state index is 10.1. The fraction of sp³-hybridized carbons (Fsp3) is 0.400. The first-order valence-corrected chi connectivity index (χ1v) is 8.74. The Bertz CT molecular complexity index is 835. The lowest BCUT2D eigenvalue weighted by atomic mass is 9.85. The molecule has 26 heavy (non-hydrogen) atoms. The number of hydrogen-bond acceptors (Lipinski definition) is 6. The smallest absolute Gasteiger partial charge is 0.231 e. The van der Waals surface area contributed by atoms with Crippen LogP contribution < -0.4 is 14.2 Å². The normalized spacial score (nSPS) is 29.0. The maximum atomic E-state index is 10.1. The van der Waals surface area contributed by atoms with Crippen LogP contribution in [-0.4, -0.2) is 32.2 Å². The van der Waals surface area contributed by atoms with E-state index in [2.05, 4.69) is 0 Å². The average molecular weight is 356 g/mol. The Balaban J connectivity index is 1.39. The van der Waals surface area contributed by atoms with E-state index in [1.165, 1.54) is 7.11 Å². The predicted molar refractivity (Wildman–Crippen MR) is 91.6 cm³/mol. The zero-order valence-electron chi connectivity index (χ0n) is 14.4. The van der Waals surface area contributed by atoms with Gasteiger partial charge in [-0.15, -0.1) is 0 Å². The molecule has 3 aliphatic heterocycles. The second-order valence-corrected chi connectivity index (χ2v) is 6.88. The fourth-order valence-electron chi connectivity index (χ4n) is 4.21. The molecule has 0 amide bonds. The SMILES string of the molecule is COc1ccc(C2OCC3C2CO[C@H]3c2ccc3c(c2)OCO3)cc1O. The number of ether oxygens (including phenoxy) is 5. The van der Waals surface area contributed by atoms with Crippen LogP contribution in [-0.2, 0) is 9.47 Å². The van der Waals surface area contributed by atoms with E-state index < -0.39 is 0 Å². The van der Waals surface area contributed by atoms with Crippen molar-refractivity contribution in [3.05, 3.63) is 47.5 Å². The largest absolute Gasteiger partial charge is 0.504 e. The van der Waals surface area contributed by atoms with Gasteiger partial charge in [-0.2, -0.15) is 0 Å². The highest BCUT2D eigenvalue weighted by atomic mass is 16.7. The molecule has 1 N–H and O–H groups in total. The second kappa shape index (κ2) is 6.07. The molecule has 3 unspecified atom stereocenters. The molecule has 6 heteroatoms. The summed E-state index contributed by atoms with van der Waals surface area (Å²) in [5.41, 5.74) is 2.04. The summed E-state index contributed by atoms with van der Waals surface area (Å²) in [5, 5.41) is 10.1. The van der Waals surface area contributed by atoms with Gasteiger partial charge in [0, 0.05) is 11.8 Å². The Kier molecular flexibility index (Phi) is 3.69. The second-order valence-electron chi connectivity index (χ2n) is 6.88. The van der Waals surface area contributed by atoms with Crippen LogP contribution in [0.5, 0.6) is 23.0 Å². The molecule has 3 aliphatic rings. The molecular formula is C20H20O6. The molecule has 2 aromatic carbocycles. The van der Waals surface area contributed by atoms with Crippen molar-refractivity contribution in [1.82, 2.24) is 0 Å². The van der Waals surface area contributed by atoms with Gasteiger partial charge in [0.25, 0.3) is 0 Å². The minimum atomic E-state index is -0.0872. The summed E-state index contributed by atoms with van der Waals surface area (Å²) < 4.78 is 28.2. The third kappa shape index (κ3) is 2.40. The third-order valence-corrected chi connectivity index (χ3v) is 5.52. The summed E-state index contributed by atoms with van der Waals surface area (Å²) >= 11 is 0. The van der Waals surface area contributed by atoms with Gasteiger partial charge in [-0.1, -0.05) is 12.1 Å². The van der Waals surface area contributed by atoms with Crippen molar-refractivity contribution in [1.29, 1.82) is 0 Å². The van der Waals surface area contributed by atoms with E-state index >= 15 is 0 Å². The van der Waals surface area contributed by atoms with Crippen LogP contribution in [0.2, 0.25) is 0 Å². The van der Waals surface area contributed by atoms with Crippen LogP contribution in [0.25, 0.3) is 0 Å². The van der Waals surface area contributed by atoms with Crippen LogP contribution in [0.1, 0.15) is 23.3 Å². The molecular weight excluding hydrogens is 336 g/mol. The summed E-state index contributed by atoms with van der Waals surface area (Å²) in [5.74, 6) is 2.65. The molecule has 4 atom stereocenters. The number of rotatable bonds is 3. The average Bonchev–Trinajstić information content (AvgIpc) is 3.36. The van der Waals surface area contributed by atoms with Gasteiger partial charge in [0.1, 0.15) is 0 Å². The number of phenolic OH excluding ortho intramolecular Hbond substituents is 1. The molecule has 0 bridgehead atoms. The molecule has 0 aliphatic carbocycles. The Labute approximate surface area is 151 Å². The van der Waals surface area contributed by atoms with Gasteiger partial charge in [0.2, 0.25) is 6.79 Å². The molecule has 0 saturated carbocycles. The number of methoxy groups -OCH3 is 1. The molecule has 2 saturated heterocycles. The van der Waals surface area contributed by atoms with E-state index in [9.17, 15) is 5.11 Å². The topological polar surface area (TPSA) is 66.4 Å². The van der Waals surface area contributed by atoms with Crippen molar-refractivity contribution in [3.63, 3.8) is 0 Å². The minimum Gasteiger partial charge on any atom is -0.504 e. The van der Waals surface area contributed by atoms with Crippen LogP contribution in [0.3, 0.4) is 0 Å². The monoisotopic (exact) mass is 356 g/mol. The van der Waals surface area contributed by atoms with Gasteiger partial charge < -0.3 is 28.8 Å². The first-order valence-electron chi connectivity index (χ1n) is 8.74. The lowest BCUT2D eigenvalue weighted by Gasteiger charge is -2.17. The van der Waals surface area contributed by atoms with Gasteiger partial charge in [-0.05, 0) is 35.4 Å². The molecule has 5 rings (SSSR count). The Morgan fingerprint density at radius 2 is 1.54 bits per heavy atom. The van der Waals surface area contributed by atoms with E-state index in [0.29, 0.717) is 19.0 Å². The lowest BCUT2D eigenvalue weighted by Crippen LogP contribution is -2.14. The summed E-state index contributed by atoms with van der Waals surface area (Å²) in [7, 11) is 1.54. The van der Waals surface area contributed by atoms with Crippen molar-refractivity contribution in [2.45, 2.75) is 12.2 Å². The standard InChI is InChI=1S/C20H20O6/c1-22-16-4-2-11(6-15(16)21)19-13-8-24-20(14(13)9-23-19)12-3-5-17-18(7-12)26-10-25-17/h2-7,13-14,19-21H,8-10H2,1H3/t13?,14?,19?,20-/m0/s1. The lowest BCUT2D eigenvalue weighted by molar-refractivity contribution is 0.0191. The van der Waals surface area contributed by atoms with Crippen molar-refractivity contribution in [2.75, 3.05) is 27.1 Å². The number of benzene rings is 2. The molecule has 6 nitrogen and oxygen atoms in total. The summed E-state index contributed by atoms with van der Waals surface area (Å²) in [6, 6.07) is 11.4.